The minimum Gasteiger partial charge on any atom is -0.458 e. The number of aromatic amines is 1. The van der Waals surface area contributed by atoms with Crippen molar-refractivity contribution in [1.29, 1.82) is 0 Å². The molecule has 0 spiro atoms. The van der Waals surface area contributed by atoms with Crippen LogP contribution in [0.15, 0.2) is 35.0 Å². The minimum absolute atomic E-state index is 0.0130. The van der Waals surface area contributed by atoms with Gasteiger partial charge in [-0.1, -0.05) is 23.7 Å². The first-order valence-electron chi connectivity index (χ1n) is 7.68. The van der Waals surface area contributed by atoms with E-state index in [1.54, 1.807) is 0 Å². The lowest BCUT2D eigenvalue weighted by atomic mass is 10.2. The van der Waals surface area contributed by atoms with E-state index in [9.17, 15) is 0 Å². The molecule has 1 aliphatic heterocycles. The normalized spacial score (nSPS) is 21.3. The van der Waals surface area contributed by atoms with E-state index >= 15 is 0 Å². The Bertz CT molecular complexity index is 787. The zero-order chi connectivity index (χ0) is 15.6. The highest BCUT2D eigenvalue weighted by atomic mass is 35.5. The van der Waals surface area contributed by atoms with Crippen LogP contribution < -0.4 is 5.32 Å². The lowest BCUT2D eigenvalue weighted by Crippen LogP contribution is -2.26. The van der Waals surface area contributed by atoms with E-state index in [4.69, 9.17) is 20.8 Å². The number of halogens is 1. The predicted octanol–water partition coefficient (Wildman–Crippen LogP) is 3.21. The van der Waals surface area contributed by atoms with Crippen LogP contribution >= 0.6 is 11.6 Å². The number of furan rings is 1. The summed E-state index contributed by atoms with van der Waals surface area (Å²) >= 11 is 6.36. The highest BCUT2D eigenvalue weighted by Crippen LogP contribution is 2.31. The molecule has 2 atom stereocenters. The molecule has 23 heavy (non-hydrogen) atoms. The number of rotatable bonds is 5. The van der Waals surface area contributed by atoms with Gasteiger partial charge >= 0.3 is 0 Å². The van der Waals surface area contributed by atoms with Gasteiger partial charge in [0.05, 0.1) is 17.7 Å². The highest BCUT2D eigenvalue weighted by molar-refractivity contribution is 6.36. The molecule has 1 aromatic carbocycles. The number of hydrogen-bond acceptors (Lipinski definition) is 5. The van der Waals surface area contributed by atoms with Gasteiger partial charge in [0, 0.05) is 11.9 Å². The first-order valence-corrected chi connectivity index (χ1v) is 8.06. The molecule has 120 valence electrons. The summed E-state index contributed by atoms with van der Waals surface area (Å²) in [4.78, 5) is 4.15. The van der Waals surface area contributed by atoms with Crippen molar-refractivity contribution in [2.45, 2.75) is 31.6 Å². The van der Waals surface area contributed by atoms with Crippen molar-refractivity contribution in [3.63, 3.8) is 0 Å². The van der Waals surface area contributed by atoms with Gasteiger partial charge in [-0.2, -0.15) is 5.10 Å². The van der Waals surface area contributed by atoms with Gasteiger partial charge in [-0.3, -0.25) is 5.10 Å². The van der Waals surface area contributed by atoms with Gasteiger partial charge in [0.25, 0.3) is 0 Å². The Kier molecular flexibility index (Phi) is 4.03. The summed E-state index contributed by atoms with van der Waals surface area (Å²) in [5.74, 6) is 1.56. The van der Waals surface area contributed by atoms with Crippen LogP contribution in [0, 0.1) is 0 Å². The molecule has 7 heteroatoms. The van der Waals surface area contributed by atoms with Crippen molar-refractivity contribution in [3.8, 4) is 0 Å². The van der Waals surface area contributed by atoms with E-state index in [2.05, 4.69) is 20.5 Å². The van der Waals surface area contributed by atoms with E-state index in [1.165, 1.54) is 6.33 Å². The quantitative estimate of drug-likeness (QED) is 0.750. The van der Waals surface area contributed by atoms with Crippen molar-refractivity contribution in [3.05, 3.63) is 47.2 Å². The Balaban J connectivity index is 1.32. The molecule has 2 N–H and O–H groups in total. The lowest BCUT2D eigenvalue weighted by Gasteiger charge is -2.12. The molecule has 1 saturated heterocycles. The summed E-state index contributed by atoms with van der Waals surface area (Å²) in [7, 11) is 0. The number of nitrogens with one attached hydrogen (secondary N) is 2. The molecular formula is C16H17ClN4O2. The topological polar surface area (TPSA) is 76.0 Å². The molecule has 0 amide bonds. The van der Waals surface area contributed by atoms with Crippen LogP contribution in [0.5, 0.6) is 0 Å². The fraction of sp³-hybridized carbons (Fsp3) is 0.375. The molecule has 0 radical (unpaired) electrons. The molecule has 2 aromatic heterocycles. The monoisotopic (exact) mass is 332 g/mol. The maximum atomic E-state index is 6.36. The number of H-pyrrole nitrogens is 1. The minimum atomic E-state index is 0.0130. The molecule has 6 nitrogen and oxygen atoms in total. The van der Waals surface area contributed by atoms with E-state index < -0.39 is 0 Å². The summed E-state index contributed by atoms with van der Waals surface area (Å²) in [5, 5.41) is 11.7. The first kappa shape index (κ1) is 14.7. The molecule has 0 bridgehead atoms. The largest absolute Gasteiger partial charge is 0.458 e. The van der Waals surface area contributed by atoms with E-state index in [1.807, 2.05) is 24.3 Å². The third kappa shape index (κ3) is 2.97. The van der Waals surface area contributed by atoms with Crippen LogP contribution in [0.1, 0.15) is 30.5 Å². The zero-order valence-electron chi connectivity index (χ0n) is 12.5. The van der Waals surface area contributed by atoms with E-state index in [0.29, 0.717) is 11.6 Å². The molecule has 4 rings (SSSR count). The fourth-order valence-corrected chi connectivity index (χ4v) is 3.21. The summed E-state index contributed by atoms with van der Waals surface area (Å²) < 4.78 is 11.8. The third-order valence-corrected chi connectivity index (χ3v) is 4.52. The van der Waals surface area contributed by atoms with E-state index in [-0.39, 0.29) is 12.2 Å². The molecular weight excluding hydrogens is 316 g/mol. The highest BCUT2D eigenvalue weighted by Gasteiger charge is 2.28. The van der Waals surface area contributed by atoms with Crippen molar-refractivity contribution in [2.75, 3.05) is 6.54 Å². The molecule has 1 fully saturated rings. The van der Waals surface area contributed by atoms with Crippen molar-refractivity contribution in [2.24, 2.45) is 0 Å². The van der Waals surface area contributed by atoms with Crippen LogP contribution in [-0.4, -0.2) is 27.8 Å². The van der Waals surface area contributed by atoms with Gasteiger partial charge < -0.3 is 14.5 Å². The number of nitrogens with zero attached hydrogens (tertiary/aromatic N) is 2. The molecule has 3 aromatic rings. The van der Waals surface area contributed by atoms with Gasteiger partial charge in [-0.15, -0.1) is 0 Å². The van der Waals surface area contributed by atoms with Gasteiger partial charge in [0.2, 0.25) is 0 Å². The SMILES string of the molecule is Clc1c(CNC[C@H]2CC[C@@H](c3ncn[nH]3)O2)oc2ccccc12. The van der Waals surface area contributed by atoms with Crippen LogP contribution in [-0.2, 0) is 11.3 Å². The maximum Gasteiger partial charge on any atom is 0.153 e. The second-order valence-electron chi connectivity index (χ2n) is 5.66. The van der Waals surface area contributed by atoms with Gasteiger partial charge in [0.15, 0.2) is 5.82 Å². The number of ether oxygens (including phenoxy) is 1. The number of fused-ring (bicyclic) bond motifs is 1. The smallest absolute Gasteiger partial charge is 0.153 e. The zero-order valence-corrected chi connectivity index (χ0v) is 13.2. The summed E-state index contributed by atoms with van der Waals surface area (Å²) in [6.45, 7) is 1.33. The first-order chi connectivity index (χ1) is 11.3. The number of benzene rings is 1. The number of para-hydroxylation sites is 1. The molecule has 0 unspecified atom stereocenters. The second kappa shape index (κ2) is 6.31. The Labute approximate surface area is 138 Å². The van der Waals surface area contributed by atoms with Gasteiger partial charge in [-0.25, -0.2) is 4.98 Å². The van der Waals surface area contributed by atoms with Crippen molar-refractivity contribution < 1.29 is 9.15 Å². The predicted molar refractivity (Wildman–Crippen MR) is 86.2 cm³/mol. The van der Waals surface area contributed by atoms with Crippen molar-refractivity contribution in [1.82, 2.24) is 20.5 Å². The molecule has 0 aliphatic carbocycles. The molecule has 1 aliphatic rings. The lowest BCUT2D eigenvalue weighted by molar-refractivity contribution is 0.0399. The van der Waals surface area contributed by atoms with Crippen LogP contribution in [0.25, 0.3) is 11.0 Å². The van der Waals surface area contributed by atoms with Crippen molar-refractivity contribution >= 4 is 22.6 Å². The number of aromatic nitrogens is 3. The van der Waals surface area contributed by atoms with Crippen LogP contribution in [0.4, 0.5) is 0 Å². The Morgan fingerprint density at radius 1 is 1.30 bits per heavy atom. The Hall–Kier alpha value is -1.89. The second-order valence-corrected chi connectivity index (χ2v) is 6.04. The third-order valence-electron chi connectivity index (χ3n) is 4.11. The van der Waals surface area contributed by atoms with Gasteiger partial charge in [-0.05, 0) is 25.0 Å². The van der Waals surface area contributed by atoms with E-state index in [0.717, 1.165) is 41.9 Å². The fourth-order valence-electron chi connectivity index (χ4n) is 2.95. The standard InChI is InChI=1S/C16H17ClN4O2/c17-15-11-3-1-2-4-12(11)23-14(15)8-18-7-10-5-6-13(22-10)16-19-9-20-21-16/h1-4,9-10,13,18H,5-8H2,(H,19,20,21)/t10-,13+/m1/s1. The number of hydrogen-bond donors (Lipinski definition) is 2. The van der Waals surface area contributed by atoms with Gasteiger partial charge in [0.1, 0.15) is 23.8 Å². The Morgan fingerprint density at radius 2 is 2.22 bits per heavy atom. The maximum absolute atomic E-state index is 6.36. The Morgan fingerprint density at radius 3 is 3.04 bits per heavy atom. The van der Waals surface area contributed by atoms with Crippen LogP contribution in [0.3, 0.4) is 0 Å². The average molecular weight is 333 g/mol. The molecule has 0 saturated carbocycles. The molecule has 3 heterocycles. The average Bonchev–Trinajstić information content (AvgIpc) is 3.29. The summed E-state index contributed by atoms with van der Waals surface area (Å²) in [6, 6.07) is 7.78. The summed E-state index contributed by atoms with van der Waals surface area (Å²) in [5.41, 5.74) is 0.816. The van der Waals surface area contributed by atoms with Crippen LogP contribution in [0.2, 0.25) is 5.02 Å². The summed E-state index contributed by atoms with van der Waals surface area (Å²) in [6.07, 6.45) is 3.62.